The Hall–Kier alpha value is -2.09. The second-order valence-electron chi connectivity index (χ2n) is 2.85. The fourth-order valence-corrected chi connectivity index (χ4v) is 1.09. The SMILES string of the molecule is N#CNC(N)=NCCc1ccccc1F. The van der Waals surface area contributed by atoms with Crippen molar-refractivity contribution in [2.24, 2.45) is 10.7 Å². The molecular formula is C10H11FN4. The zero-order valence-corrected chi connectivity index (χ0v) is 8.07. The van der Waals surface area contributed by atoms with Crippen molar-refractivity contribution in [2.45, 2.75) is 6.42 Å². The lowest BCUT2D eigenvalue weighted by Gasteiger charge is -2.00. The van der Waals surface area contributed by atoms with E-state index < -0.39 is 0 Å². The van der Waals surface area contributed by atoms with Crippen LogP contribution in [-0.4, -0.2) is 12.5 Å². The van der Waals surface area contributed by atoms with E-state index in [9.17, 15) is 4.39 Å². The largest absolute Gasteiger partial charge is 0.369 e. The molecule has 1 aromatic rings. The maximum atomic E-state index is 13.1. The van der Waals surface area contributed by atoms with Crippen LogP contribution in [0.2, 0.25) is 0 Å². The molecule has 0 aromatic heterocycles. The molecule has 0 heterocycles. The lowest BCUT2D eigenvalue weighted by molar-refractivity contribution is 0.609. The van der Waals surface area contributed by atoms with Crippen molar-refractivity contribution in [1.82, 2.24) is 5.32 Å². The van der Waals surface area contributed by atoms with Crippen molar-refractivity contribution in [3.05, 3.63) is 35.6 Å². The Balaban J connectivity index is 2.48. The van der Waals surface area contributed by atoms with Crippen molar-refractivity contribution >= 4 is 5.96 Å². The molecule has 0 saturated carbocycles. The molecule has 0 aliphatic carbocycles. The van der Waals surface area contributed by atoms with E-state index in [-0.39, 0.29) is 11.8 Å². The van der Waals surface area contributed by atoms with Crippen LogP contribution < -0.4 is 11.1 Å². The fourth-order valence-electron chi connectivity index (χ4n) is 1.09. The Bertz CT molecular complexity index is 395. The van der Waals surface area contributed by atoms with Crippen LogP contribution in [0.5, 0.6) is 0 Å². The van der Waals surface area contributed by atoms with E-state index in [1.165, 1.54) is 6.07 Å². The van der Waals surface area contributed by atoms with Gasteiger partial charge in [-0.05, 0) is 18.1 Å². The molecular weight excluding hydrogens is 195 g/mol. The molecule has 0 unspecified atom stereocenters. The van der Waals surface area contributed by atoms with Gasteiger partial charge in [0.05, 0.1) is 0 Å². The first-order valence-corrected chi connectivity index (χ1v) is 4.42. The van der Waals surface area contributed by atoms with Gasteiger partial charge in [-0.25, -0.2) is 4.39 Å². The average molecular weight is 206 g/mol. The molecule has 0 saturated heterocycles. The molecule has 0 amide bonds. The number of nitrogens with zero attached hydrogens (tertiary/aromatic N) is 2. The molecule has 0 bridgehead atoms. The van der Waals surface area contributed by atoms with Crippen LogP contribution in [0.15, 0.2) is 29.3 Å². The van der Waals surface area contributed by atoms with Gasteiger partial charge in [-0.2, -0.15) is 5.26 Å². The average Bonchev–Trinajstić information content (AvgIpc) is 2.21. The number of nitrogens with one attached hydrogen (secondary N) is 1. The van der Waals surface area contributed by atoms with E-state index in [0.717, 1.165) is 0 Å². The molecule has 0 spiro atoms. The number of benzene rings is 1. The van der Waals surface area contributed by atoms with E-state index in [4.69, 9.17) is 11.0 Å². The highest BCUT2D eigenvalue weighted by Gasteiger charge is 1.99. The molecule has 3 N–H and O–H groups in total. The van der Waals surface area contributed by atoms with E-state index in [1.54, 1.807) is 24.4 Å². The van der Waals surface area contributed by atoms with Crippen molar-refractivity contribution in [2.75, 3.05) is 6.54 Å². The molecule has 0 fully saturated rings. The Morgan fingerprint density at radius 2 is 2.27 bits per heavy atom. The van der Waals surface area contributed by atoms with Gasteiger partial charge in [-0.1, -0.05) is 18.2 Å². The summed E-state index contributed by atoms with van der Waals surface area (Å²) >= 11 is 0. The third-order valence-electron chi connectivity index (χ3n) is 1.81. The van der Waals surface area contributed by atoms with E-state index in [1.807, 2.05) is 0 Å². The van der Waals surface area contributed by atoms with E-state index in [2.05, 4.69) is 10.3 Å². The van der Waals surface area contributed by atoms with Crippen LogP contribution in [0.4, 0.5) is 4.39 Å². The lowest BCUT2D eigenvalue weighted by atomic mass is 10.1. The van der Waals surface area contributed by atoms with Crippen LogP contribution in [-0.2, 0) is 6.42 Å². The predicted octanol–water partition coefficient (Wildman–Crippen LogP) is 0.754. The second-order valence-corrected chi connectivity index (χ2v) is 2.85. The van der Waals surface area contributed by atoms with Crippen molar-refractivity contribution in [1.29, 1.82) is 5.26 Å². The summed E-state index contributed by atoms with van der Waals surface area (Å²) in [6, 6.07) is 6.49. The van der Waals surface area contributed by atoms with Crippen LogP contribution in [0.1, 0.15) is 5.56 Å². The minimum absolute atomic E-state index is 0.0499. The van der Waals surface area contributed by atoms with Crippen LogP contribution in [0, 0.1) is 17.3 Å². The summed E-state index contributed by atoms with van der Waals surface area (Å²) in [5.41, 5.74) is 5.90. The number of halogens is 1. The van der Waals surface area contributed by atoms with Gasteiger partial charge in [-0.3, -0.25) is 10.3 Å². The number of rotatable bonds is 3. The third-order valence-corrected chi connectivity index (χ3v) is 1.81. The quantitative estimate of drug-likeness (QED) is 0.332. The molecule has 0 aliphatic rings. The van der Waals surface area contributed by atoms with E-state index >= 15 is 0 Å². The van der Waals surface area contributed by atoms with Crippen molar-refractivity contribution < 1.29 is 4.39 Å². The molecule has 78 valence electrons. The number of hydrogen-bond donors (Lipinski definition) is 2. The molecule has 0 radical (unpaired) electrons. The standard InChI is InChI=1S/C10H11FN4/c11-9-4-2-1-3-8(9)5-6-14-10(13)15-7-12/h1-4H,5-6H2,(H3,13,14,15). The number of hydrogen-bond acceptors (Lipinski definition) is 2. The fraction of sp³-hybridized carbons (Fsp3) is 0.200. The number of nitrogens with two attached hydrogens (primary N) is 1. The molecule has 0 atom stereocenters. The Kier molecular flexibility index (Phi) is 4.10. The van der Waals surface area contributed by atoms with Crippen molar-refractivity contribution in [3.63, 3.8) is 0 Å². The Morgan fingerprint density at radius 3 is 2.93 bits per heavy atom. The topological polar surface area (TPSA) is 74.2 Å². The molecule has 1 aromatic carbocycles. The number of nitriles is 1. The summed E-state index contributed by atoms with van der Waals surface area (Å²) in [7, 11) is 0. The van der Waals surface area contributed by atoms with Gasteiger partial charge in [0.1, 0.15) is 5.82 Å². The van der Waals surface area contributed by atoms with Gasteiger partial charge >= 0.3 is 0 Å². The third kappa shape index (κ3) is 3.65. The van der Waals surface area contributed by atoms with Gasteiger partial charge in [0.25, 0.3) is 0 Å². The van der Waals surface area contributed by atoms with E-state index in [0.29, 0.717) is 18.5 Å². The van der Waals surface area contributed by atoms with Gasteiger partial charge < -0.3 is 5.73 Å². The maximum Gasteiger partial charge on any atom is 0.202 e. The van der Waals surface area contributed by atoms with Crippen molar-refractivity contribution in [3.8, 4) is 6.19 Å². The van der Waals surface area contributed by atoms with Gasteiger partial charge in [0, 0.05) is 6.54 Å². The normalized spacial score (nSPS) is 10.8. The number of aliphatic imine (C=N–C) groups is 1. The van der Waals surface area contributed by atoms with Crippen LogP contribution >= 0.6 is 0 Å². The summed E-state index contributed by atoms with van der Waals surface area (Å²) < 4.78 is 13.1. The zero-order valence-electron chi connectivity index (χ0n) is 8.07. The minimum Gasteiger partial charge on any atom is -0.369 e. The smallest absolute Gasteiger partial charge is 0.202 e. The molecule has 4 nitrogen and oxygen atoms in total. The first-order chi connectivity index (χ1) is 7.24. The van der Waals surface area contributed by atoms with Crippen LogP contribution in [0.25, 0.3) is 0 Å². The highest BCUT2D eigenvalue weighted by Crippen LogP contribution is 2.06. The van der Waals surface area contributed by atoms with Gasteiger partial charge in [-0.15, -0.1) is 0 Å². The summed E-state index contributed by atoms with van der Waals surface area (Å²) in [5.74, 6) is -0.201. The monoisotopic (exact) mass is 206 g/mol. The number of guanidine groups is 1. The molecule has 0 aliphatic heterocycles. The molecule has 5 heteroatoms. The van der Waals surface area contributed by atoms with Gasteiger partial charge in [0.15, 0.2) is 6.19 Å². The predicted molar refractivity (Wildman–Crippen MR) is 55.3 cm³/mol. The summed E-state index contributed by atoms with van der Waals surface area (Å²) in [5, 5.41) is 10.4. The highest BCUT2D eigenvalue weighted by molar-refractivity contribution is 5.79. The summed E-state index contributed by atoms with van der Waals surface area (Å²) in [6.07, 6.45) is 2.11. The van der Waals surface area contributed by atoms with Crippen LogP contribution in [0.3, 0.4) is 0 Å². The van der Waals surface area contributed by atoms with Gasteiger partial charge in [0.2, 0.25) is 5.96 Å². The highest BCUT2D eigenvalue weighted by atomic mass is 19.1. The Labute approximate surface area is 87.2 Å². The molecule has 1 rings (SSSR count). The molecule has 15 heavy (non-hydrogen) atoms. The summed E-state index contributed by atoms with van der Waals surface area (Å²) in [4.78, 5) is 3.84. The maximum absolute atomic E-state index is 13.1. The zero-order chi connectivity index (χ0) is 11.1. The second kappa shape index (κ2) is 5.60. The first-order valence-electron chi connectivity index (χ1n) is 4.42. The lowest BCUT2D eigenvalue weighted by Crippen LogP contribution is -2.27. The Morgan fingerprint density at radius 1 is 1.53 bits per heavy atom. The summed E-state index contributed by atoms with van der Waals surface area (Å²) in [6.45, 7) is 0.349. The first kappa shape index (κ1) is 11.0. The minimum atomic E-state index is -0.250.